The first kappa shape index (κ1) is 21.8. The summed E-state index contributed by atoms with van der Waals surface area (Å²) >= 11 is 0. The molecule has 2 aromatic rings. The van der Waals surface area contributed by atoms with Gasteiger partial charge in [0.05, 0.1) is 32.7 Å². The summed E-state index contributed by atoms with van der Waals surface area (Å²) in [5.74, 6) is -1.50. The molecular formula is C20H21F2N3O4. The number of ether oxygens (including phenoxy) is 2. The monoisotopic (exact) mass is 405 g/mol. The second-order valence-corrected chi connectivity index (χ2v) is 6.10. The molecule has 0 aromatic heterocycles. The number of benzene rings is 2. The van der Waals surface area contributed by atoms with E-state index in [4.69, 9.17) is 9.47 Å². The predicted octanol–water partition coefficient (Wildman–Crippen LogP) is 3.05. The molecule has 0 aliphatic heterocycles. The van der Waals surface area contributed by atoms with Crippen molar-refractivity contribution >= 4 is 23.2 Å². The molecule has 0 saturated carbocycles. The molecule has 0 unspecified atom stereocenters. The Hall–Kier alpha value is -3.49. The summed E-state index contributed by atoms with van der Waals surface area (Å²) < 4.78 is 36.8. The summed E-state index contributed by atoms with van der Waals surface area (Å²) in [5.41, 5.74) is 3.22. The molecule has 0 radical (unpaired) electrons. The average molecular weight is 405 g/mol. The Morgan fingerprint density at radius 1 is 1.00 bits per heavy atom. The lowest BCUT2D eigenvalue weighted by Crippen LogP contribution is -2.23. The van der Waals surface area contributed by atoms with E-state index < -0.39 is 17.5 Å². The minimum Gasteiger partial charge on any atom is -0.493 e. The van der Waals surface area contributed by atoms with Crippen molar-refractivity contribution in [2.24, 2.45) is 5.10 Å². The number of amides is 2. The van der Waals surface area contributed by atoms with E-state index in [0.717, 1.165) is 12.1 Å². The number of nitrogens with zero attached hydrogens (tertiary/aromatic N) is 1. The van der Waals surface area contributed by atoms with Crippen LogP contribution in [0.1, 0.15) is 18.9 Å². The molecule has 154 valence electrons. The average Bonchev–Trinajstić information content (AvgIpc) is 2.68. The second kappa shape index (κ2) is 10.2. The standard InChI is InChI=1S/C20H21F2N3O4/c1-12(8-19(26)23-16-6-5-14(21)11-15(16)22)24-25-20(27)10-13-4-7-17(28-2)18(9-13)29-3/h4-7,9,11H,8,10H2,1-3H3,(H,23,26)(H,25,27)/b24-12+. The van der Waals surface area contributed by atoms with Gasteiger partial charge in [0.1, 0.15) is 11.6 Å². The lowest BCUT2D eigenvalue weighted by molar-refractivity contribution is -0.120. The topological polar surface area (TPSA) is 89.0 Å². The number of halogens is 2. The van der Waals surface area contributed by atoms with Crippen molar-refractivity contribution in [1.29, 1.82) is 0 Å². The van der Waals surface area contributed by atoms with Gasteiger partial charge >= 0.3 is 0 Å². The SMILES string of the molecule is COc1ccc(CC(=O)N/N=C(\C)CC(=O)Nc2ccc(F)cc2F)cc1OC. The predicted molar refractivity (Wildman–Crippen MR) is 104 cm³/mol. The lowest BCUT2D eigenvalue weighted by Gasteiger charge is -2.09. The first-order valence-electron chi connectivity index (χ1n) is 8.60. The number of rotatable bonds is 8. The van der Waals surface area contributed by atoms with E-state index in [9.17, 15) is 18.4 Å². The van der Waals surface area contributed by atoms with Gasteiger partial charge in [-0.1, -0.05) is 6.07 Å². The molecule has 2 N–H and O–H groups in total. The minimum absolute atomic E-state index is 0.0458. The van der Waals surface area contributed by atoms with Crippen LogP contribution in [0.3, 0.4) is 0 Å². The van der Waals surface area contributed by atoms with Crippen molar-refractivity contribution in [1.82, 2.24) is 5.43 Å². The zero-order chi connectivity index (χ0) is 21.4. The Bertz CT molecular complexity index is 932. The van der Waals surface area contributed by atoms with Crippen molar-refractivity contribution in [3.05, 3.63) is 53.6 Å². The van der Waals surface area contributed by atoms with E-state index in [1.165, 1.54) is 21.1 Å². The van der Waals surface area contributed by atoms with Crippen LogP contribution in [0.15, 0.2) is 41.5 Å². The first-order chi connectivity index (χ1) is 13.8. The Labute approximate surface area is 166 Å². The molecule has 0 spiro atoms. The van der Waals surface area contributed by atoms with Crippen LogP contribution in [0.5, 0.6) is 11.5 Å². The minimum atomic E-state index is -0.879. The molecule has 0 saturated heterocycles. The van der Waals surface area contributed by atoms with Crippen LogP contribution >= 0.6 is 0 Å². The summed E-state index contributed by atoms with van der Waals surface area (Å²) in [6.45, 7) is 1.54. The third kappa shape index (κ3) is 6.56. The molecule has 0 bridgehead atoms. The van der Waals surface area contributed by atoms with Crippen LogP contribution < -0.4 is 20.2 Å². The zero-order valence-electron chi connectivity index (χ0n) is 16.2. The highest BCUT2D eigenvalue weighted by molar-refractivity contribution is 6.05. The Morgan fingerprint density at radius 2 is 1.72 bits per heavy atom. The van der Waals surface area contributed by atoms with Gasteiger partial charge in [-0.3, -0.25) is 9.59 Å². The highest BCUT2D eigenvalue weighted by Gasteiger charge is 2.11. The van der Waals surface area contributed by atoms with Crippen molar-refractivity contribution in [3.8, 4) is 11.5 Å². The van der Waals surface area contributed by atoms with Gasteiger partial charge in [0.25, 0.3) is 0 Å². The third-order valence-corrected chi connectivity index (χ3v) is 3.81. The van der Waals surface area contributed by atoms with Gasteiger partial charge in [-0.15, -0.1) is 0 Å². The number of anilines is 1. The molecule has 0 aliphatic carbocycles. The summed E-state index contributed by atoms with van der Waals surface area (Å²) in [6.07, 6.45) is -0.127. The zero-order valence-corrected chi connectivity index (χ0v) is 16.2. The molecule has 2 aromatic carbocycles. The highest BCUT2D eigenvalue weighted by Crippen LogP contribution is 2.27. The molecule has 0 aliphatic rings. The van der Waals surface area contributed by atoms with Crippen LogP contribution in [0.2, 0.25) is 0 Å². The van der Waals surface area contributed by atoms with Crippen LogP contribution in [0, 0.1) is 11.6 Å². The molecule has 29 heavy (non-hydrogen) atoms. The number of nitrogens with one attached hydrogen (secondary N) is 2. The van der Waals surface area contributed by atoms with Crippen molar-refractivity contribution < 1.29 is 27.8 Å². The Kier molecular flexibility index (Phi) is 7.64. The third-order valence-electron chi connectivity index (χ3n) is 3.81. The number of hydrogen-bond acceptors (Lipinski definition) is 5. The quantitative estimate of drug-likeness (QED) is 0.522. The van der Waals surface area contributed by atoms with Gasteiger partial charge in [0, 0.05) is 11.8 Å². The Balaban J connectivity index is 1.88. The summed E-state index contributed by atoms with van der Waals surface area (Å²) in [7, 11) is 3.01. The number of hydrogen-bond donors (Lipinski definition) is 2. The summed E-state index contributed by atoms with van der Waals surface area (Å²) in [4.78, 5) is 24.0. The number of carbonyl (C=O) groups excluding carboxylic acids is 2. The maximum absolute atomic E-state index is 13.6. The van der Waals surface area contributed by atoms with Gasteiger partial charge in [-0.05, 0) is 36.8 Å². The smallest absolute Gasteiger partial charge is 0.244 e. The van der Waals surface area contributed by atoms with Crippen LogP contribution in [0.4, 0.5) is 14.5 Å². The van der Waals surface area contributed by atoms with E-state index in [1.807, 2.05) is 0 Å². The van der Waals surface area contributed by atoms with E-state index in [-0.39, 0.29) is 24.4 Å². The fourth-order valence-corrected chi connectivity index (χ4v) is 2.43. The summed E-state index contributed by atoms with van der Waals surface area (Å²) in [6, 6.07) is 7.93. The van der Waals surface area contributed by atoms with E-state index in [0.29, 0.717) is 28.8 Å². The molecule has 7 nitrogen and oxygen atoms in total. The maximum Gasteiger partial charge on any atom is 0.244 e. The fourth-order valence-electron chi connectivity index (χ4n) is 2.43. The van der Waals surface area contributed by atoms with Crippen LogP contribution in [0.25, 0.3) is 0 Å². The first-order valence-corrected chi connectivity index (χ1v) is 8.60. The number of hydrazone groups is 1. The molecule has 2 amide bonds. The van der Waals surface area contributed by atoms with Gasteiger partial charge in [-0.2, -0.15) is 5.10 Å². The van der Waals surface area contributed by atoms with Crippen LogP contribution in [-0.2, 0) is 16.0 Å². The Morgan fingerprint density at radius 3 is 2.38 bits per heavy atom. The molecule has 9 heteroatoms. The van der Waals surface area contributed by atoms with E-state index >= 15 is 0 Å². The molecule has 0 fully saturated rings. The van der Waals surface area contributed by atoms with Crippen LogP contribution in [-0.4, -0.2) is 31.7 Å². The number of carbonyl (C=O) groups is 2. The second-order valence-electron chi connectivity index (χ2n) is 6.10. The van der Waals surface area contributed by atoms with Gasteiger partial charge in [-0.25, -0.2) is 14.2 Å². The summed E-state index contributed by atoms with van der Waals surface area (Å²) in [5, 5.41) is 6.18. The lowest BCUT2D eigenvalue weighted by atomic mass is 10.1. The van der Waals surface area contributed by atoms with Crippen molar-refractivity contribution in [3.63, 3.8) is 0 Å². The van der Waals surface area contributed by atoms with E-state index in [2.05, 4.69) is 15.8 Å². The largest absolute Gasteiger partial charge is 0.493 e. The van der Waals surface area contributed by atoms with Gasteiger partial charge < -0.3 is 14.8 Å². The molecular weight excluding hydrogens is 384 g/mol. The van der Waals surface area contributed by atoms with Gasteiger partial charge in [0.2, 0.25) is 11.8 Å². The molecule has 2 rings (SSSR count). The normalized spacial score (nSPS) is 11.0. The van der Waals surface area contributed by atoms with Crippen molar-refractivity contribution in [2.45, 2.75) is 19.8 Å². The van der Waals surface area contributed by atoms with Crippen molar-refractivity contribution in [2.75, 3.05) is 19.5 Å². The molecule has 0 heterocycles. The maximum atomic E-state index is 13.6. The fraction of sp³-hybridized carbons (Fsp3) is 0.250. The van der Waals surface area contributed by atoms with E-state index in [1.54, 1.807) is 18.2 Å². The van der Waals surface area contributed by atoms with Gasteiger partial charge in [0.15, 0.2) is 11.5 Å². The highest BCUT2D eigenvalue weighted by atomic mass is 19.1. The molecule has 0 atom stereocenters. The number of methoxy groups -OCH3 is 2.